The molecule has 0 N–H and O–H groups in total. The smallest absolute Gasteiger partial charge is 0.223 e. The molecule has 0 radical (unpaired) electrons. The van der Waals surface area contributed by atoms with Crippen molar-refractivity contribution >= 4 is 11.6 Å². The fraction of sp³-hybridized carbons (Fsp3) is 0.667. The van der Waals surface area contributed by atoms with E-state index in [2.05, 4.69) is 21.9 Å². The third-order valence-electron chi connectivity index (χ3n) is 6.44. The molecule has 5 nitrogen and oxygen atoms in total. The van der Waals surface area contributed by atoms with Gasteiger partial charge in [0, 0.05) is 36.5 Å². The van der Waals surface area contributed by atoms with Crippen LogP contribution in [0.2, 0.25) is 0 Å². The molecule has 140 valence electrons. The summed E-state index contributed by atoms with van der Waals surface area (Å²) in [7, 11) is 0. The van der Waals surface area contributed by atoms with Crippen LogP contribution in [0.1, 0.15) is 67.6 Å². The van der Waals surface area contributed by atoms with E-state index < -0.39 is 0 Å². The van der Waals surface area contributed by atoms with E-state index in [0.717, 1.165) is 41.6 Å². The Morgan fingerprint density at radius 2 is 1.92 bits per heavy atom. The predicted molar refractivity (Wildman–Crippen MR) is 102 cm³/mol. The van der Waals surface area contributed by atoms with Crippen molar-refractivity contribution in [2.24, 2.45) is 5.92 Å². The summed E-state index contributed by atoms with van der Waals surface area (Å²) < 4.78 is 1.92. The van der Waals surface area contributed by atoms with E-state index in [-0.39, 0.29) is 0 Å². The first-order valence-electron chi connectivity index (χ1n) is 10.2. The van der Waals surface area contributed by atoms with Gasteiger partial charge in [-0.15, -0.1) is 0 Å². The van der Waals surface area contributed by atoms with Gasteiger partial charge in [-0.1, -0.05) is 12.8 Å². The number of fused-ring (bicyclic) bond motifs is 2. The molecule has 26 heavy (non-hydrogen) atoms. The average molecular weight is 354 g/mol. The third-order valence-corrected chi connectivity index (χ3v) is 6.44. The van der Waals surface area contributed by atoms with E-state index in [1.54, 1.807) is 0 Å². The van der Waals surface area contributed by atoms with Gasteiger partial charge in [0.25, 0.3) is 0 Å². The van der Waals surface area contributed by atoms with Gasteiger partial charge in [0.05, 0.1) is 5.69 Å². The van der Waals surface area contributed by atoms with Gasteiger partial charge in [-0.05, 0) is 64.4 Å². The van der Waals surface area contributed by atoms with Crippen molar-refractivity contribution in [1.29, 1.82) is 0 Å². The average Bonchev–Trinajstić information content (AvgIpc) is 3.01. The Bertz CT molecular complexity index is 823. The lowest BCUT2D eigenvalue weighted by Gasteiger charge is -2.44. The second-order valence-electron chi connectivity index (χ2n) is 8.16. The zero-order valence-electron chi connectivity index (χ0n) is 16.3. The summed E-state index contributed by atoms with van der Waals surface area (Å²) in [5.41, 5.74) is 5.18. The lowest BCUT2D eigenvalue weighted by Crippen LogP contribution is -2.49. The summed E-state index contributed by atoms with van der Waals surface area (Å²) in [5, 5.41) is 4.54. The minimum absolute atomic E-state index is 0.331. The molecule has 2 fully saturated rings. The predicted octanol–water partition coefficient (Wildman–Crippen LogP) is 3.77. The van der Waals surface area contributed by atoms with E-state index in [1.807, 2.05) is 24.4 Å². The van der Waals surface area contributed by atoms with E-state index >= 15 is 0 Å². The zero-order valence-corrected chi connectivity index (χ0v) is 16.3. The Morgan fingerprint density at radius 1 is 1.15 bits per heavy atom. The first-order chi connectivity index (χ1) is 12.5. The number of carbonyl (C=O) groups is 1. The fourth-order valence-electron chi connectivity index (χ4n) is 5.11. The first kappa shape index (κ1) is 17.5. The molecule has 0 spiro atoms. The second kappa shape index (κ2) is 7.01. The highest BCUT2D eigenvalue weighted by atomic mass is 16.2. The van der Waals surface area contributed by atoms with E-state index in [0.29, 0.717) is 18.4 Å². The number of hydrogen-bond acceptors (Lipinski definition) is 3. The topological polar surface area (TPSA) is 50.5 Å². The standard InChI is InChI=1S/C21H30N4O/c1-14-13-20-22-15(2)18(16(3)25(20)23-14)10-11-21(26)24-12-6-8-17-7-4-5-9-19(17)24/h13,17,19H,4-12H2,1-3H3/t17-,19-/m0/s1. The Hall–Kier alpha value is -1.91. The molecular formula is C21H30N4O. The van der Waals surface area contributed by atoms with Gasteiger partial charge < -0.3 is 4.90 Å². The van der Waals surface area contributed by atoms with Gasteiger partial charge in [0.1, 0.15) is 0 Å². The number of nitrogens with zero attached hydrogens (tertiary/aromatic N) is 4. The molecule has 4 rings (SSSR count). The highest BCUT2D eigenvalue weighted by Gasteiger charge is 2.35. The van der Waals surface area contributed by atoms with Gasteiger partial charge in [-0.25, -0.2) is 9.50 Å². The summed E-state index contributed by atoms with van der Waals surface area (Å²) in [6.07, 6.45) is 8.96. The third kappa shape index (κ3) is 3.12. The number of hydrogen-bond donors (Lipinski definition) is 0. The van der Waals surface area contributed by atoms with Crippen LogP contribution in [-0.4, -0.2) is 38.0 Å². The summed E-state index contributed by atoms with van der Waals surface area (Å²) in [5.74, 6) is 1.08. The minimum Gasteiger partial charge on any atom is -0.339 e. The van der Waals surface area contributed by atoms with Gasteiger partial charge >= 0.3 is 0 Å². The summed E-state index contributed by atoms with van der Waals surface area (Å²) in [4.78, 5) is 19.9. The van der Waals surface area contributed by atoms with Gasteiger partial charge in [0.15, 0.2) is 5.65 Å². The van der Waals surface area contributed by atoms with Crippen LogP contribution in [0.4, 0.5) is 0 Å². The van der Waals surface area contributed by atoms with Crippen LogP contribution in [0.15, 0.2) is 6.07 Å². The molecule has 3 heterocycles. The molecule has 2 aromatic rings. The quantitative estimate of drug-likeness (QED) is 0.843. The summed E-state index contributed by atoms with van der Waals surface area (Å²) >= 11 is 0. The maximum atomic E-state index is 13.0. The molecule has 2 aliphatic rings. The Morgan fingerprint density at radius 3 is 2.77 bits per heavy atom. The Balaban J connectivity index is 1.50. The monoisotopic (exact) mass is 354 g/mol. The number of carbonyl (C=O) groups excluding carboxylic acids is 1. The van der Waals surface area contributed by atoms with Gasteiger partial charge in [-0.3, -0.25) is 4.79 Å². The fourth-order valence-corrected chi connectivity index (χ4v) is 5.11. The maximum absolute atomic E-state index is 13.0. The molecule has 0 unspecified atom stereocenters. The molecule has 2 atom stereocenters. The highest BCUT2D eigenvalue weighted by molar-refractivity contribution is 5.77. The van der Waals surface area contributed by atoms with Crippen molar-refractivity contribution in [1.82, 2.24) is 19.5 Å². The maximum Gasteiger partial charge on any atom is 0.223 e. The normalized spacial score (nSPS) is 23.3. The molecule has 1 saturated carbocycles. The number of likely N-dealkylation sites (tertiary alicyclic amines) is 1. The lowest BCUT2D eigenvalue weighted by atomic mass is 9.78. The van der Waals surface area contributed by atoms with Crippen molar-refractivity contribution in [2.75, 3.05) is 6.54 Å². The van der Waals surface area contributed by atoms with Crippen LogP contribution >= 0.6 is 0 Å². The van der Waals surface area contributed by atoms with Crippen molar-refractivity contribution in [3.05, 3.63) is 28.7 Å². The Kier molecular flexibility index (Phi) is 4.72. The van der Waals surface area contributed by atoms with Crippen molar-refractivity contribution < 1.29 is 4.79 Å². The molecule has 1 aliphatic carbocycles. The summed E-state index contributed by atoms with van der Waals surface area (Å²) in [6.45, 7) is 7.08. The number of aromatic nitrogens is 3. The van der Waals surface area contributed by atoms with Crippen molar-refractivity contribution in [3.8, 4) is 0 Å². The SMILES string of the molecule is Cc1cc2nc(C)c(CCC(=O)N3CCC[C@@H]4CCCC[C@@H]43)c(C)n2n1. The molecule has 5 heteroatoms. The van der Waals surface area contributed by atoms with Crippen LogP contribution < -0.4 is 0 Å². The number of piperidine rings is 1. The zero-order chi connectivity index (χ0) is 18.3. The van der Waals surface area contributed by atoms with Crippen LogP contribution in [-0.2, 0) is 11.2 Å². The molecule has 2 aromatic heterocycles. The molecule has 1 saturated heterocycles. The minimum atomic E-state index is 0.331. The van der Waals surface area contributed by atoms with E-state index in [9.17, 15) is 4.79 Å². The molecule has 1 aliphatic heterocycles. The largest absolute Gasteiger partial charge is 0.339 e. The van der Waals surface area contributed by atoms with Crippen LogP contribution in [0.3, 0.4) is 0 Å². The number of rotatable bonds is 3. The molecule has 1 amide bonds. The van der Waals surface area contributed by atoms with E-state index in [4.69, 9.17) is 0 Å². The second-order valence-corrected chi connectivity index (χ2v) is 8.16. The van der Waals surface area contributed by atoms with Crippen molar-refractivity contribution in [2.45, 2.75) is 78.2 Å². The highest BCUT2D eigenvalue weighted by Crippen LogP contribution is 2.35. The Labute approximate surface area is 155 Å². The molecule has 0 bridgehead atoms. The summed E-state index contributed by atoms with van der Waals surface area (Å²) in [6, 6.07) is 2.51. The van der Waals surface area contributed by atoms with E-state index in [1.165, 1.54) is 44.1 Å². The van der Waals surface area contributed by atoms with Crippen LogP contribution in [0.5, 0.6) is 0 Å². The lowest BCUT2D eigenvalue weighted by molar-refractivity contribution is -0.137. The van der Waals surface area contributed by atoms with Crippen molar-refractivity contribution in [3.63, 3.8) is 0 Å². The first-order valence-corrected chi connectivity index (χ1v) is 10.2. The number of aryl methyl sites for hydroxylation is 3. The van der Waals surface area contributed by atoms with Gasteiger partial charge in [-0.2, -0.15) is 5.10 Å². The van der Waals surface area contributed by atoms with Crippen LogP contribution in [0.25, 0.3) is 5.65 Å². The molecule has 0 aromatic carbocycles. The number of amides is 1. The molecular weight excluding hydrogens is 324 g/mol. The van der Waals surface area contributed by atoms with Crippen LogP contribution in [0, 0.1) is 26.7 Å². The van der Waals surface area contributed by atoms with Gasteiger partial charge in [0.2, 0.25) is 5.91 Å².